The van der Waals surface area contributed by atoms with Gasteiger partial charge in [0.15, 0.2) is 0 Å². The van der Waals surface area contributed by atoms with Crippen LogP contribution >= 0.6 is 0 Å². The molecule has 0 radical (unpaired) electrons. The van der Waals surface area contributed by atoms with E-state index in [2.05, 4.69) is 21.7 Å². The van der Waals surface area contributed by atoms with Crippen LogP contribution in [0, 0.1) is 0 Å². The largest absolute Gasteiger partial charge is 0.455 e. The van der Waals surface area contributed by atoms with E-state index in [1.807, 2.05) is 54.7 Å². The van der Waals surface area contributed by atoms with Crippen LogP contribution in [0.25, 0.3) is 33.3 Å². The van der Waals surface area contributed by atoms with Gasteiger partial charge >= 0.3 is 0 Å². The molecule has 1 fully saturated rings. The van der Waals surface area contributed by atoms with E-state index in [9.17, 15) is 4.79 Å². The number of hydrogen-bond acceptors (Lipinski definition) is 3. The van der Waals surface area contributed by atoms with Gasteiger partial charge in [0, 0.05) is 49.2 Å². The number of likely N-dealkylation sites (tertiary alicyclic amines) is 1. The van der Waals surface area contributed by atoms with Gasteiger partial charge in [-0.25, -0.2) is 4.98 Å². The molecular weight excluding hydrogens is 326 g/mol. The summed E-state index contributed by atoms with van der Waals surface area (Å²) in [4.78, 5) is 18.3. The number of fused-ring (bicyclic) bond motifs is 3. The number of furan rings is 1. The van der Waals surface area contributed by atoms with Crippen LogP contribution in [0.4, 0.5) is 0 Å². The number of para-hydroxylation sites is 2. The lowest BCUT2D eigenvalue weighted by atomic mass is 10.1. The molecule has 26 heavy (non-hydrogen) atoms. The molecule has 5 nitrogen and oxygen atoms in total. The molecule has 3 heterocycles. The van der Waals surface area contributed by atoms with Gasteiger partial charge in [0.2, 0.25) is 5.91 Å². The van der Waals surface area contributed by atoms with Crippen LogP contribution < -0.4 is 0 Å². The number of nitrogens with zero attached hydrogens (tertiary/aromatic N) is 3. The number of amides is 1. The minimum Gasteiger partial charge on any atom is -0.455 e. The summed E-state index contributed by atoms with van der Waals surface area (Å²) in [6.07, 6.45) is 5.31. The Bertz CT molecular complexity index is 1120. The molecule has 1 aliphatic heterocycles. The lowest BCUT2D eigenvalue weighted by Gasteiger charge is -2.21. The Labute approximate surface area is 150 Å². The minimum atomic E-state index is 0.213. The van der Waals surface area contributed by atoms with Crippen molar-refractivity contribution in [3.8, 4) is 11.4 Å². The number of carbonyl (C=O) groups excluding carboxylic acids is 1. The standard InChI is InChI=1S/C21H19N3O2/c1-23-14(9-10-19(23)25)13-24-12-11-22-21(24)17-7-4-6-16-15-5-2-3-8-18(15)26-20(16)17/h2-8,11-12,14H,9-10,13H2,1H3/t14-/m1/s1. The molecule has 0 bridgehead atoms. The Morgan fingerprint density at radius 2 is 2.00 bits per heavy atom. The summed E-state index contributed by atoms with van der Waals surface area (Å²) in [7, 11) is 1.89. The average Bonchev–Trinajstić information content (AvgIpc) is 3.35. The highest BCUT2D eigenvalue weighted by Gasteiger charge is 2.28. The molecule has 0 unspecified atom stereocenters. The van der Waals surface area contributed by atoms with Gasteiger partial charge in [-0.05, 0) is 18.6 Å². The predicted molar refractivity (Wildman–Crippen MR) is 101 cm³/mol. The van der Waals surface area contributed by atoms with Crippen LogP contribution in [0.2, 0.25) is 0 Å². The minimum absolute atomic E-state index is 0.213. The first kappa shape index (κ1) is 15.2. The molecule has 0 aliphatic carbocycles. The van der Waals surface area contributed by atoms with Crippen molar-refractivity contribution in [1.29, 1.82) is 0 Å². The predicted octanol–water partition coefficient (Wildman–Crippen LogP) is 4.07. The normalized spacial score (nSPS) is 17.7. The molecular formula is C21H19N3O2. The molecule has 1 aliphatic rings. The number of likely N-dealkylation sites (N-methyl/N-ethyl adjacent to an activating group) is 1. The lowest BCUT2D eigenvalue weighted by molar-refractivity contribution is -0.127. The first-order chi connectivity index (χ1) is 12.7. The van der Waals surface area contributed by atoms with Crippen LogP contribution in [-0.4, -0.2) is 33.4 Å². The maximum absolute atomic E-state index is 11.8. The fraction of sp³-hybridized carbons (Fsp3) is 0.238. The van der Waals surface area contributed by atoms with Gasteiger partial charge in [-0.15, -0.1) is 0 Å². The summed E-state index contributed by atoms with van der Waals surface area (Å²) < 4.78 is 8.28. The van der Waals surface area contributed by atoms with Crippen molar-refractivity contribution in [1.82, 2.24) is 14.5 Å². The van der Waals surface area contributed by atoms with Gasteiger partial charge in [0.25, 0.3) is 0 Å². The second-order valence-electron chi connectivity index (χ2n) is 6.88. The van der Waals surface area contributed by atoms with Crippen LogP contribution in [0.3, 0.4) is 0 Å². The van der Waals surface area contributed by atoms with E-state index in [0.29, 0.717) is 6.42 Å². The molecule has 130 valence electrons. The van der Waals surface area contributed by atoms with E-state index in [1.54, 1.807) is 0 Å². The van der Waals surface area contributed by atoms with Crippen molar-refractivity contribution in [2.45, 2.75) is 25.4 Å². The zero-order valence-corrected chi connectivity index (χ0v) is 14.6. The first-order valence-electron chi connectivity index (χ1n) is 8.90. The maximum Gasteiger partial charge on any atom is 0.222 e. The number of aromatic nitrogens is 2. The summed E-state index contributed by atoms with van der Waals surface area (Å²) in [5.41, 5.74) is 2.72. The zero-order valence-electron chi connectivity index (χ0n) is 14.6. The topological polar surface area (TPSA) is 51.3 Å². The summed E-state index contributed by atoms with van der Waals surface area (Å²) in [6, 6.07) is 14.5. The highest BCUT2D eigenvalue weighted by molar-refractivity contribution is 6.09. The van der Waals surface area contributed by atoms with Crippen molar-refractivity contribution in [2.24, 2.45) is 0 Å². The Hall–Kier alpha value is -3.08. The Morgan fingerprint density at radius 1 is 1.15 bits per heavy atom. The highest BCUT2D eigenvalue weighted by atomic mass is 16.3. The highest BCUT2D eigenvalue weighted by Crippen LogP contribution is 2.35. The van der Waals surface area contributed by atoms with Gasteiger partial charge < -0.3 is 13.9 Å². The van der Waals surface area contributed by atoms with Crippen LogP contribution in [0.15, 0.2) is 59.3 Å². The fourth-order valence-electron chi connectivity index (χ4n) is 3.93. The van der Waals surface area contributed by atoms with Gasteiger partial charge in [0.05, 0.1) is 5.56 Å². The number of benzene rings is 2. The van der Waals surface area contributed by atoms with E-state index in [0.717, 1.165) is 46.3 Å². The molecule has 4 aromatic rings. The SMILES string of the molecule is CN1C(=O)CC[C@@H]1Cn1ccnc1-c1cccc2c1oc1ccccc12. The summed E-state index contributed by atoms with van der Waals surface area (Å²) in [5.74, 6) is 1.10. The monoisotopic (exact) mass is 345 g/mol. The molecule has 0 N–H and O–H groups in total. The van der Waals surface area contributed by atoms with Gasteiger partial charge in [-0.1, -0.05) is 30.3 Å². The second kappa shape index (κ2) is 5.73. The molecule has 1 saturated heterocycles. The Morgan fingerprint density at radius 3 is 2.85 bits per heavy atom. The zero-order chi connectivity index (χ0) is 17.7. The van der Waals surface area contributed by atoms with Crippen molar-refractivity contribution < 1.29 is 9.21 Å². The van der Waals surface area contributed by atoms with E-state index >= 15 is 0 Å². The quantitative estimate of drug-likeness (QED) is 0.562. The van der Waals surface area contributed by atoms with Crippen molar-refractivity contribution in [3.63, 3.8) is 0 Å². The number of hydrogen-bond donors (Lipinski definition) is 0. The summed E-state index contributed by atoms with van der Waals surface area (Å²) in [5, 5.41) is 2.21. The van der Waals surface area contributed by atoms with E-state index in [4.69, 9.17) is 4.42 Å². The van der Waals surface area contributed by atoms with E-state index < -0.39 is 0 Å². The van der Waals surface area contributed by atoms with E-state index in [-0.39, 0.29) is 11.9 Å². The third-order valence-corrected chi connectivity index (χ3v) is 5.40. The average molecular weight is 345 g/mol. The van der Waals surface area contributed by atoms with Gasteiger partial charge in [0.1, 0.15) is 17.0 Å². The summed E-state index contributed by atoms with van der Waals surface area (Å²) in [6.45, 7) is 0.744. The number of imidazole rings is 1. The van der Waals surface area contributed by atoms with Crippen molar-refractivity contribution in [3.05, 3.63) is 54.9 Å². The smallest absolute Gasteiger partial charge is 0.222 e. The number of rotatable bonds is 3. The molecule has 2 aromatic carbocycles. The fourth-order valence-corrected chi connectivity index (χ4v) is 3.93. The van der Waals surface area contributed by atoms with Crippen molar-refractivity contribution in [2.75, 3.05) is 7.05 Å². The third-order valence-electron chi connectivity index (χ3n) is 5.40. The van der Waals surface area contributed by atoms with Crippen molar-refractivity contribution >= 4 is 27.8 Å². The lowest BCUT2D eigenvalue weighted by Crippen LogP contribution is -2.32. The molecule has 5 rings (SSSR count). The third kappa shape index (κ3) is 2.24. The molecule has 1 atom stereocenters. The molecule has 0 saturated carbocycles. The van der Waals surface area contributed by atoms with E-state index in [1.165, 1.54) is 0 Å². The first-order valence-corrected chi connectivity index (χ1v) is 8.90. The van der Waals surface area contributed by atoms with Gasteiger partial charge in [-0.3, -0.25) is 4.79 Å². The second-order valence-corrected chi connectivity index (χ2v) is 6.88. The van der Waals surface area contributed by atoms with Crippen LogP contribution in [0.5, 0.6) is 0 Å². The van der Waals surface area contributed by atoms with Crippen LogP contribution in [0.1, 0.15) is 12.8 Å². The molecule has 0 spiro atoms. The summed E-state index contributed by atoms with van der Waals surface area (Å²) >= 11 is 0. The Kier molecular flexibility index (Phi) is 3.35. The van der Waals surface area contributed by atoms with Crippen LogP contribution in [-0.2, 0) is 11.3 Å². The Balaban J connectivity index is 1.61. The van der Waals surface area contributed by atoms with Gasteiger partial charge in [-0.2, -0.15) is 0 Å². The maximum atomic E-state index is 11.8. The molecule has 2 aromatic heterocycles. The molecule has 1 amide bonds. The number of carbonyl (C=O) groups is 1. The molecule has 5 heteroatoms.